The van der Waals surface area contributed by atoms with Crippen molar-refractivity contribution in [3.8, 4) is 0 Å². The maximum absolute atomic E-state index is 13.0. The fourth-order valence-corrected chi connectivity index (χ4v) is 3.26. The van der Waals surface area contributed by atoms with E-state index in [4.69, 9.17) is 5.73 Å². The highest BCUT2D eigenvalue weighted by Gasteiger charge is 2.25. The molecule has 0 unspecified atom stereocenters. The molecule has 22 heavy (non-hydrogen) atoms. The number of para-hydroxylation sites is 1. The highest BCUT2D eigenvalue weighted by molar-refractivity contribution is 6.07. The second-order valence-corrected chi connectivity index (χ2v) is 5.99. The van der Waals surface area contributed by atoms with Crippen LogP contribution in [0.5, 0.6) is 0 Å². The number of aryl methyl sites for hydroxylation is 3. The first-order valence-corrected chi connectivity index (χ1v) is 7.81. The average Bonchev–Trinajstić information content (AvgIpc) is 2.54. The van der Waals surface area contributed by atoms with Gasteiger partial charge in [-0.2, -0.15) is 0 Å². The number of hydrogen-bond acceptors (Lipinski definition) is 2. The van der Waals surface area contributed by atoms with Crippen LogP contribution in [0.1, 0.15) is 39.0 Å². The van der Waals surface area contributed by atoms with Gasteiger partial charge in [0.25, 0.3) is 5.91 Å². The first-order valence-electron chi connectivity index (χ1n) is 7.81. The van der Waals surface area contributed by atoms with E-state index in [2.05, 4.69) is 25.1 Å². The van der Waals surface area contributed by atoms with Gasteiger partial charge in [-0.05, 0) is 61.1 Å². The van der Waals surface area contributed by atoms with Crippen molar-refractivity contribution >= 4 is 11.6 Å². The van der Waals surface area contributed by atoms with Crippen molar-refractivity contribution in [2.75, 3.05) is 11.4 Å². The molecule has 2 aromatic carbocycles. The number of rotatable bonds is 2. The average molecular weight is 294 g/mol. The second-order valence-electron chi connectivity index (χ2n) is 5.99. The first-order chi connectivity index (χ1) is 10.6. The van der Waals surface area contributed by atoms with Gasteiger partial charge in [-0.3, -0.25) is 4.79 Å². The molecule has 0 radical (unpaired) electrons. The summed E-state index contributed by atoms with van der Waals surface area (Å²) in [6.07, 6.45) is 2.06. The van der Waals surface area contributed by atoms with Crippen molar-refractivity contribution in [3.05, 3.63) is 64.2 Å². The lowest BCUT2D eigenvalue weighted by atomic mass is 9.97. The summed E-state index contributed by atoms with van der Waals surface area (Å²) in [5.41, 5.74) is 12.2. The van der Waals surface area contributed by atoms with Crippen LogP contribution in [0.25, 0.3) is 0 Å². The van der Waals surface area contributed by atoms with Crippen molar-refractivity contribution in [2.45, 2.75) is 33.2 Å². The molecule has 1 aliphatic heterocycles. The maximum Gasteiger partial charge on any atom is 0.258 e. The zero-order valence-corrected chi connectivity index (χ0v) is 13.2. The molecule has 3 nitrogen and oxygen atoms in total. The minimum atomic E-state index is 0.0851. The monoisotopic (exact) mass is 294 g/mol. The SMILES string of the molecule is Cc1cc(C(=O)N2CCCc3cccc(C)c32)ccc1CN. The number of anilines is 1. The third-order valence-corrected chi connectivity index (χ3v) is 4.47. The maximum atomic E-state index is 13.0. The minimum absolute atomic E-state index is 0.0851. The van der Waals surface area contributed by atoms with E-state index in [0.29, 0.717) is 6.54 Å². The van der Waals surface area contributed by atoms with E-state index in [1.807, 2.05) is 30.0 Å². The standard InChI is InChI=1S/C19H22N2O/c1-13-5-3-6-15-7-4-10-21(18(13)15)19(22)16-8-9-17(12-20)14(2)11-16/h3,5-6,8-9,11H,4,7,10,12,20H2,1-2H3. The lowest BCUT2D eigenvalue weighted by Crippen LogP contribution is -2.36. The van der Waals surface area contributed by atoms with Crippen LogP contribution in [-0.4, -0.2) is 12.5 Å². The van der Waals surface area contributed by atoms with Crippen molar-refractivity contribution in [3.63, 3.8) is 0 Å². The van der Waals surface area contributed by atoms with E-state index in [9.17, 15) is 4.79 Å². The molecule has 2 N–H and O–H groups in total. The Bertz CT molecular complexity index is 721. The summed E-state index contributed by atoms with van der Waals surface area (Å²) in [6, 6.07) is 12.1. The Morgan fingerprint density at radius 3 is 2.73 bits per heavy atom. The third kappa shape index (κ3) is 2.53. The summed E-state index contributed by atoms with van der Waals surface area (Å²) >= 11 is 0. The molecule has 114 valence electrons. The molecule has 1 amide bonds. The normalized spacial score (nSPS) is 13.9. The molecule has 3 heteroatoms. The smallest absolute Gasteiger partial charge is 0.258 e. The first kappa shape index (κ1) is 14.8. The predicted molar refractivity (Wildman–Crippen MR) is 90.2 cm³/mol. The van der Waals surface area contributed by atoms with Gasteiger partial charge in [0.05, 0.1) is 5.69 Å². The summed E-state index contributed by atoms with van der Waals surface area (Å²) in [6.45, 7) is 5.38. The predicted octanol–water partition coefficient (Wildman–Crippen LogP) is 3.36. The Balaban J connectivity index is 1.99. The number of nitrogens with two attached hydrogens (primary N) is 1. The highest BCUT2D eigenvalue weighted by atomic mass is 16.2. The Hall–Kier alpha value is -2.13. The highest BCUT2D eigenvalue weighted by Crippen LogP contribution is 2.31. The Morgan fingerprint density at radius 1 is 1.18 bits per heavy atom. The molecule has 0 saturated heterocycles. The van der Waals surface area contributed by atoms with Crippen LogP contribution in [0.2, 0.25) is 0 Å². The molecule has 0 atom stereocenters. The van der Waals surface area contributed by atoms with E-state index in [1.165, 1.54) is 11.1 Å². The van der Waals surface area contributed by atoms with Gasteiger partial charge < -0.3 is 10.6 Å². The van der Waals surface area contributed by atoms with Crippen LogP contribution in [-0.2, 0) is 13.0 Å². The lowest BCUT2D eigenvalue weighted by Gasteiger charge is -2.31. The van der Waals surface area contributed by atoms with E-state index in [1.54, 1.807) is 0 Å². The number of hydrogen-bond donors (Lipinski definition) is 1. The van der Waals surface area contributed by atoms with Gasteiger partial charge in [0, 0.05) is 18.7 Å². The van der Waals surface area contributed by atoms with Gasteiger partial charge in [0.2, 0.25) is 0 Å². The molecule has 0 aliphatic carbocycles. The number of fused-ring (bicyclic) bond motifs is 1. The molecule has 1 heterocycles. The fraction of sp³-hybridized carbons (Fsp3) is 0.316. The summed E-state index contributed by atoms with van der Waals surface area (Å²) < 4.78 is 0. The van der Waals surface area contributed by atoms with Gasteiger partial charge in [0.15, 0.2) is 0 Å². The van der Waals surface area contributed by atoms with Gasteiger partial charge >= 0.3 is 0 Å². The molecular formula is C19H22N2O. The quantitative estimate of drug-likeness (QED) is 0.923. The second kappa shape index (κ2) is 5.93. The Kier molecular flexibility index (Phi) is 3.99. The largest absolute Gasteiger partial charge is 0.326 e. The van der Waals surface area contributed by atoms with Crippen molar-refractivity contribution in [1.29, 1.82) is 0 Å². The minimum Gasteiger partial charge on any atom is -0.326 e. The lowest BCUT2D eigenvalue weighted by molar-refractivity contribution is 0.0985. The van der Waals surface area contributed by atoms with Gasteiger partial charge in [-0.25, -0.2) is 0 Å². The Labute approximate surface area is 131 Å². The number of benzene rings is 2. The van der Waals surface area contributed by atoms with Crippen molar-refractivity contribution in [1.82, 2.24) is 0 Å². The zero-order valence-electron chi connectivity index (χ0n) is 13.2. The van der Waals surface area contributed by atoms with Crippen molar-refractivity contribution in [2.24, 2.45) is 5.73 Å². The van der Waals surface area contributed by atoms with E-state index in [0.717, 1.165) is 41.8 Å². The molecule has 0 fully saturated rings. The molecule has 1 aliphatic rings. The zero-order chi connectivity index (χ0) is 15.7. The van der Waals surface area contributed by atoms with Crippen molar-refractivity contribution < 1.29 is 4.79 Å². The number of carbonyl (C=O) groups excluding carboxylic acids is 1. The number of carbonyl (C=O) groups is 1. The molecule has 2 aromatic rings. The van der Waals surface area contributed by atoms with E-state index in [-0.39, 0.29) is 5.91 Å². The summed E-state index contributed by atoms with van der Waals surface area (Å²) in [4.78, 5) is 14.9. The molecular weight excluding hydrogens is 272 g/mol. The van der Waals surface area contributed by atoms with Crippen LogP contribution in [0.15, 0.2) is 36.4 Å². The molecule has 0 bridgehead atoms. The van der Waals surface area contributed by atoms with Gasteiger partial charge in [0.1, 0.15) is 0 Å². The van der Waals surface area contributed by atoms with Crippen LogP contribution >= 0.6 is 0 Å². The van der Waals surface area contributed by atoms with Crippen LogP contribution in [0, 0.1) is 13.8 Å². The molecule has 0 spiro atoms. The molecule has 3 rings (SSSR count). The van der Waals surface area contributed by atoms with Crippen LogP contribution in [0.4, 0.5) is 5.69 Å². The van der Waals surface area contributed by atoms with E-state index >= 15 is 0 Å². The van der Waals surface area contributed by atoms with Gasteiger partial charge in [-0.15, -0.1) is 0 Å². The molecule has 0 saturated carbocycles. The Morgan fingerprint density at radius 2 is 2.00 bits per heavy atom. The van der Waals surface area contributed by atoms with Crippen LogP contribution < -0.4 is 10.6 Å². The van der Waals surface area contributed by atoms with Gasteiger partial charge in [-0.1, -0.05) is 24.3 Å². The third-order valence-electron chi connectivity index (χ3n) is 4.47. The van der Waals surface area contributed by atoms with Crippen LogP contribution in [0.3, 0.4) is 0 Å². The number of nitrogens with zero attached hydrogens (tertiary/aromatic N) is 1. The summed E-state index contributed by atoms with van der Waals surface area (Å²) in [5, 5.41) is 0. The van der Waals surface area contributed by atoms with E-state index < -0.39 is 0 Å². The topological polar surface area (TPSA) is 46.3 Å². The molecule has 0 aromatic heterocycles. The summed E-state index contributed by atoms with van der Waals surface area (Å²) in [5.74, 6) is 0.0851. The fourth-order valence-electron chi connectivity index (χ4n) is 3.26. The summed E-state index contributed by atoms with van der Waals surface area (Å²) in [7, 11) is 0. The number of amides is 1.